The Hall–Kier alpha value is -1.35. The van der Waals surface area contributed by atoms with E-state index in [1.165, 1.54) is 16.7 Å². The summed E-state index contributed by atoms with van der Waals surface area (Å²) in [4.78, 5) is 14.1. The van der Waals surface area contributed by atoms with Crippen LogP contribution in [-0.4, -0.2) is 23.4 Å². The van der Waals surface area contributed by atoms with Gasteiger partial charge in [-0.05, 0) is 50.3 Å². The molecule has 2 N–H and O–H groups in total. The molecule has 1 fully saturated rings. The highest BCUT2D eigenvalue weighted by molar-refractivity contribution is 5.82. The Morgan fingerprint density at radius 3 is 2.83 bits per heavy atom. The molecule has 0 aliphatic carbocycles. The summed E-state index contributed by atoms with van der Waals surface area (Å²) in [5.74, 6) is 0.0680. The number of nitrogens with two attached hydrogens (primary N) is 1. The SMILES string of the molecule is Cc1cccc(C2CCCN2C(=O)[C@@H](C)N)c1C. The Balaban J connectivity index is 2.32. The van der Waals surface area contributed by atoms with E-state index in [-0.39, 0.29) is 11.9 Å². The van der Waals surface area contributed by atoms with Gasteiger partial charge in [0.2, 0.25) is 5.91 Å². The van der Waals surface area contributed by atoms with Crippen molar-refractivity contribution in [2.75, 3.05) is 6.54 Å². The van der Waals surface area contributed by atoms with E-state index in [0.29, 0.717) is 0 Å². The summed E-state index contributed by atoms with van der Waals surface area (Å²) in [5, 5.41) is 0. The molecule has 1 saturated heterocycles. The molecule has 1 aromatic carbocycles. The molecule has 0 saturated carbocycles. The predicted molar refractivity (Wildman–Crippen MR) is 73.3 cm³/mol. The van der Waals surface area contributed by atoms with Gasteiger partial charge >= 0.3 is 0 Å². The zero-order valence-electron chi connectivity index (χ0n) is 11.4. The minimum Gasteiger partial charge on any atom is -0.334 e. The van der Waals surface area contributed by atoms with Crippen molar-refractivity contribution in [2.24, 2.45) is 5.73 Å². The van der Waals surface area contributed by atoms with E-state index in [0.717, 1.165) is 19.4 Å². The van der Waals surface area contributed by atoms with Gasteiger partial charge in [0.15, 0.2) is 0 Å². The standard InChI is InChI=1S/C15H22N2O/c1-10-6-4-7-13(11(10)2)14-8-5-9-17(14)15(18)12(3)16/h4,6-7,12,14H,5,8-9,16H2,1-3H3/t12-,14?/m1/s1. The molecule has 18 heavy (non-hydrogen) atoms. The monoisotopic (exact) mass is 246 g/mol. The first-order valence-corrected chi connectivity index (χ1v) is 6.64. The Bertz CT molecular complexity index is 454. The summed E-state index contributed by atoms with van der Waals surface area (Å²) in [6.07, 6.45) is 2.11. The number of carbonyl (C=O) groups is 1. The minimum atomic E-state index is -0.407. The van der Waals surface area contributed by atoms with Crippen LogP contribution in [-0.2, 0) is 4.79 Å². The lowest BCUT2D eigenvalue weighted by Gasteiger charge is -2.28. The van der Waals surface area contributed by atoms with Crippen LogP contribution in [0.15, 0.2) is 18.2 Å². The lowest BCUT2D eigenvalue weighted by molar-refractivity contribution is -0.133. The van der Waals surface area contributed by atoms with E-state index in [9.17, 15) is 4.79 Å². The van der Waals surface area contributed by atoms with Crippen LogP contribution < -0.4 is 5.73 Å². The Kier molecular flexibility index (Phi) is 3.71. The van der Waals surface area contributed by atoms with Crippen molar-refractivity contribution in [3.8, 4) is 0 Å². The molecular formula is C15H22N2O. The Morgan fingerprint density at radius 1 is 1.44 bits per heavy atom. The lowest BCUT2D eigenvalue weighted by atomic mass is 9.96. The predicted octanol–water partition coefficient (Wildman–Crippen LogP) is 2.31. The van der Waals surface area contributed by atoms with Gasteiger partial charge in [-0.15, -0.1) is 0 Å². The van der Waals surface area contributed by atoms with E-state index in [2.05, 4.69) is 32.0 Å². The number of hydrogen-bond donors (Lipinski definition) is 1. The molecule has 1 amide bonds. The van der Waals surface area contributed by atoms with Crippen LogP contribution in [0.5, 0.6) is 0 Å². The van der Waals surface area contributed by atoms with Crippen LogP contribution in [0.2, 0.25) is 0 Å². The van der Waals surface area contributed by atoms with Gasteiger partial charge in [0.25, 0.3) is 0 Å². The molecule has 1 aromatic rings. The lowest BCUT2D eigenvalue weighted by Crippen LogP contribution is -2.41. The first kappa shape index (κ1) is 13.1. The van der Waals surface area contributed by atoms with Crippen molar-refractivity contribution >= 4 is 5.91 Å². The van der Waals surface area contributed by atoms with Crippen molar-refractivity contribution in [2.45, 2.75) is 45.7 Å². The van der Waals surface area contributed by atoms with Crippen molar-refractivity contribution in [3.63, 3.8) is 0 Å². The molecule has 3 nitrogen and oxygen atoms in total. The van der Waals surface area contributed by atoms with Crippen LogP contribution in [0.25, 0.3) is 0 Å². The van der Waals surface area contributed by atoms with Crippen molar-refractivity contribution in [3.05, 3.63) is 34.9 Å². The molecule has 0 radical (unpaired) electrons. The number of hydrogen-bond acceptors (Lipinski definition) is 2. The fourth-order valence-corrected chi connectivity index (χ4v) is 2.75. The van der Waals surface area contributed by atoms with Gasteiger partial charge < -0.3 is 10.6 Å². The molecule has 1 heterocycles. The van der Waals surface area contributed by atoms with E-state index < -0.39 is 6.04 Å². The largest absolute Gasteiger partial charge is 0.334 e. The van der Waals surface area contributed by atoms with E-state index >= 15 is 0 Å². The van der Waals surface area contributed by atoms with Crippen LogP contribution in [0.4, 0.5) is 0 Å². The molecule has 98 valence electrons. The average Bonchev–Trinajstić information content (AvgIpc) is 2.80. The van der Waals surface area contributed by atoms with Gasteiger partial charge in [0, 0.05) is 6.54 Å². The van der Waals surface area contributed by atoms with Gasteiger partial charge in [-0.25, -0.2) is 0 Å². The van der Waals surface area contributed by atoms with Gasteiger partial charge in [-0.2, -0.15) is 0 Å². The first-order chi connectivity index (χ1) is 8.52. The maximum absolute atomic E-state index is 12.1. The second-order valence-electron chi connectivity index (χ2n) is 5.27. The third kappa shape index (κ3) is 2.27. The first-order valence-electron chi connectivity index (χ1n) is 6.64. The zero-order chi connectivity index (χ0) is 13.3. The van der Waals surface area contributed by atoms with E-state index in [1.54, 1.807) is 6.92 Å². The number of likely N-dealkylation sites (tertiary alicyclic amines) is 1. The summed E-state index contributed by atoms with van der Waals surface area (Å²) < 4.78 is 0. The van der Waals surface area contributed by atoms with Crippen molar-refractivity contribution in [1.29, 1.82) is 0 Å². The van der Waals surface area contributed by atoms with Crippen molar-refractivity contribution in [1.82, 2.24) is 4.90 Å². The van der Waals surface area contributed by atoms with E-state index in [4.69, 9.17) is 5.73 Å². The van der Waals surface area contributed by atoms with Gasteiger partial charge in [-0.3, -0.25) is 4.79 Å². The molecule has 1 aliphatic heterocycles. The Morgan fingerprint density at radius 2 is 2.17 bits per heavy atom. The molecule has 2 rings (SSSR count). The number of benzene rings is 1. The summed E-state index contributed by atoms with van der Waals surface area (Å²) in [7, 11) is 0. The normalized spacial score (nSPS) is 21.1. The molecule has 2 atom stereocenters. The topological polar surface area (TPSA) is 46.3 Å². The van der Waals surface area contributed by atoms with Crippen LogP contribution in [0.3, 0.4) is 0 Å². The van der Waals surface area contributed by atoms with Crippen molar-refractivity contribution < 1.29 is 4.79 Å². The van der Waals surface area contributed by atoms with Gasteiger partial charge in [-0.1, -0.05) is 18.2 Å². The smallest absolute Gasteiger partial charge is 0.239 e. The zero-order valence-corrected chi connectivity index (χ0v) is 11.4. The number of rotatable bonds is 2. The molecule has 0 spiro atoms. The summed E-state index contributed by atoms with van der Waals surface area (Å²) in [6.45, 7) is 6.85. The number of nitrogens with zero attached hydrogens (tertiary/aromatic N) is 1. The maximum Gasteiger partial charge on any atom is 0.239 e. The number of amides is 1. The Labute approximate surface area is 109 Å². The second-order valence-corrected chi connectivity index (χ2v) is 5.27. The molecular weight excluding hydrogens is 224 g/mol. The number of aryl methyl sites for hydroxylation is 1. The minimum absolute atomic E-state index is 0.0680. The molecule has 0 bridgehead atoms. The molecule has 3 heteroatoms. The highest BCUT2D eigenvalue weighted by atomic mass is 16.2. The quantitative estimate of drug-likeness (QED) is 0.870. The van der Waals surface area contributed by atoms with Gasteiger partial charge in [0.1, 0.15) is 0 Å². The highest BCUT2D eigenvalue weighted by Crippen LogP contribution is 2.34. The average molecular weight is 246 g/mol. The third-order valence-corrected chi connectivity index (χ3v) is 3.93. The fourth-order valence-electron chi connectivity index (χ4n) is 2.75. The number of carbonyl (C=O) groups excluding carboxylic acids is 1. The van der Waals surface area contributed by atoms with Gasteiger partial charge in [0.05, 0.1) is 12.1 Å². The molecule has 0 aromatic heterocycles. The summed E-state index contributed by atoms with van der Waals surface area (Å²) in [5.41, 5.74) is 9.59. The second kappa shape index (κ2) is 5.11. The maximum atomic E-state index is 12.1. The van der Waals surface area contributed by atoms with Crippen LogP contribution >= 0.6 is 0 Å². The summed E-state index contributed by atoms with van der Waals surface area (Å²) >= 11 is 0. The van der Waals surface area contributed by atoms with E-state index in [1.807, 2.05) is 4.90 Å². The van der Waals surface area contributed by atoms with Crippen LogP contribution in [0, 0.1) is 13.8 Å². The molecule has 1 aliphatic rings. The van der Waals surface area contributed by atoms with Crippen LogP contribution in [0.1, 0.15) is 42.5 Å². The fraction of sp³-hybridized carbons (Fsp3) is 0.533. The summed E-state index contributed by atoms with van der Waals surface area (Å²) in [6, 6.07) is 6.13. The third-order valence-electron chi connectivity index (χ3n) is 3.93. The highest BCUT2D eigenvalue weighted by Gasteiger charge is 2.32. The molecule has 1 unspecified atom stereocenters.